The second-order valence-electron chi connectivity index (χ2n) is 7.53. The summed E-state index contributed by atoms with van der Waals surface area (Å²) in [5, 5.41) is 5.98. The van der Waals surface area contributed by atoms with Crippen molar-refractivity contribution in [2.45, 2.75) is 26.3 Å². The minimum Gasteiger partial charge on any atom is -0.497 e. The highest BCUT2D eigenvalue weighted by molar-refractivity contribution is 5.95. The van der Waals surface area contributed by atoms with Gasteiger partial charge in [0, 0.05) is 30.9 Å². The Labute approximate surface area is 172 Å². The van der Waals surface area contributed by atoms with Crippen molar-refractivity contribution in [3.8, 4) is 5.75 Å². The summed E-state index contributed by atoms with van der Waals surface area (Å²) >= 11 is 0. The molecule has 3 rings (SSSR count). The van der Waals surface area contributed by atoms with E-state index in [2.05, 4.69) is 17.6 Å². The number of nitrogens with zero attached hydrogens (tertiary/aromatic N) is 1. The number of hydrogen-bond acceptors (Lipinski definition) is 4. The Balaban J connectivity index is 1.48. The van der Waals surface area contributed by atoms with E-state index in [4.69, 9.17) is 4.74 Å². The third kappa shape index (κ3) is 5.98. The second kappa shape index (κ2) is 9.96. The standard InChI is InChI=1S/C23H29N3O3/c1-17-10-12-26(13-11-17)23(28)19-4-3-5-20(14-19)24-16-22(27)25-15-18-6-8-21(29-2)9-7-18/h3-9,14,17,24H,10-13,15-16H2,1-2H3,(H,25,27). The maximum absolute atomic E-state index is 12.7. The zero-order valence-electron chi connectivity index (χ0n) is 17.1. The van der Waals surface area contributed by atoms with Crippen molar-refractivity contribution in [2.24, 2.45) is 5.92 Å². The normalized spacial score (nSPS) is 14.3. The van der Waals surface area contributed by atoms with Gasteiger partial charge >= 0.3 is 0 Å². The van der Waals surface area contributed by atoms with Gasteiger partial charge < -0.3 is 20.3 Å². The Bertz CT molecular complexity index is 828. The maximum Gasteiger partial charge on any atom is 0.253 e. The second-order valence-corrected chi connectivity index (χ2v) is 7.53. The number of rotatable bonds is 7. The van der Waals surface area contributed by atoms with Gasteiger partial charge in [-0.1, -0.05) is 25.1 Å². The SMILES string of the molecule is COc1ccc(CNC(=O)CNc2cccc(C(=O)N3CCC(C)CC3)c2)cc1. The van der Waals surface area contributed by atoms with Gasteiger partial charge in [-0.3, -0.25) is 9.59 Å². The van der Waals surface area contributed by atoms with Gasteiger partial charge in [0.15, 0.2) is 0 Å². The molecule has 2 amide bonds. The highest BCUT2D eigenvalue weighted by atomic mass is 16.5. The fraction of sp³-hybridized carbons (Fsp3) is 0.391. The van der Waals surface area contributed by atoms with Crippen LogP contribution in [0, 0.1) is 5.92 Å². The molecule has 2 N–H and O–H groups in total. The lowest BCUT2D eigenvalue weighted by atomic mass is 9.98. The van der Waals surface area contributed by atoms with Crippen LogP contribution >= 0.6 is 0 Å². The Hall–Kier alpha value is -3.02. The highest BCUT2D eigenvalue weighted by Crippen LogP contribution is 2.19. The molecule has 29 heavy (non-hydrogen) atoms. The molecule has 0 atom stereocenters. The Morgan fingerprint density at radius 1 is 1.10 bits per heavy atom. The summed E-state index contributed by atoms with van der Waals surface area (Å²) in [6.45, 7) is 4.45. The zero-order valence-corrected chi connectivity index (χ0v) is 17.1. The van der Waals surface area contributed by atoms with Crippen molar-refractivity contribution in [3.63, 3.8) is 0 Å². The first-order chi connectivity index (χ1) is 14.0. The summed E-state index contributed by atoms with van der Waals surface area (Å²) in [6.07, 6.45) is 2.11. The van der Waals surface area contributed by atoms with Crippen LogP contribution in [-0.4, -0.2) is 43.5 Å². The number of anilines is 1. The van der Waals surface area contributed by atoms with Gasteiger partial charge in [0.2, 0.25) is 5.91 Å². The minimum atomic E-state index is -0.109. The zero-order chi connectivity index (χ0) is 20.6. The van der Waals surface area contributed by atoms with Gasteiger partial charge in [-0.15, -0.1) is 0 Å². The van der Waals surface area contributed by atoms with Crippen molar-refractivity contribution in [3.05, 3.63) is 59.7 Å². The van der Waals surface area contributed by atoms with E-state index in [1.807, 2.05) is 53.4 Å². The Morgan fingerprint density at radius 2 is 1.83 bits per heavy atom. The van der Waals surface area contributed by atoms with Crippen molar-refractivity contribution >= 4 is 17.5 Å². The smallest absolute Gasteiger partial charge is 0.253 e. The van der Waals surface area contributed by atoms with Gasteiger partial charge in [0.25, 0.3) is 5.91 Å². The lowest BCUT2D eigenvalue weighted by Gasteiger charge is -2.30. The molecule has 1 aliphatic rings. The van der Waals surface area contributed by atoms with Gasteiger partial charge in [-0.05, 0) is 54.7 Å². The number of ether oxygens (including phenoxy) is 1. The van der Waals surface area contributed by atoms with E-state index in [0.717, 1.165) is 42.9 Å². The molecule has 154 valence electrons. The summed E-state index contributed by atoms with van der Waals surface area (Å²) in [5.41, 5.74) is 2.42. The quantitative estimate of drug-likeness (QED) is 0.755. The van der Waals surface area contributed by atoms with Crippen molar-refractivity contribution < 1.29 is 14.3 Å². The molecular formula is C23H29N3O3. The summed E-state index contributed by atoms with van der Waals surface area (Å²) in [7, 11) is 1.62. The van der Waals surface area contributed by atoms with E-state index in [1.165, 1.54) is 0 Å². The van der Waals surface area contributed by atoms with Gasteiger partial charge in [0.1, 0.15) is 5.75 Å². The molecule has 1 heterocycles. The number of methoxy groups -OCH3 is 1. The molecule has 0 saturated carbocycles. The van der Waals surface area contributed by atoms with E-state index >= 15 is 0 Å². The molecule has 1 aliphatic heterocycles. The number of hydrogen-bond donors (Lipinski definition) is 2. The van der Waals surface area contributed by atoms with E-state index in [0.29, 0.717) is 18.0 Å². The first kappa shape index (κ1) is 20.7. The molecule has 2 aromatic rings. The van der Waals surface area contributed by atoms with Crippen LogP contribution < -0.4 is 15.4 Å². The predicted octanol–water partition coefficient (Wildman–Crippen LogP) is 3.30. The lowest BCUT2D eigenvalue weighted by molar-refractivity contribution is -0.119. The number of carbonyl (C=O) groups excluding carboxylic acids is 2. The lowest BCUT2D eigenvalue weighted by Crippen LogP contribution is -2.37. The van der Waals surface area contributed by atoms with Crippen LogP contribution in [0.3, 0.4) is 0 Å². The average molecular weight is 396 g/mol. The summed E-state index contributed by atoms with van der Waals surface area (Å²) in [4.78, 5) is 26.8. The van der Waals surface area contributed by atoms with Crippen LogP contribution in [0.2, 0.25) is 0 Å². The van der Waals surface area contributed by atoms with Crippen LogP contribution in [0.25, 0.3) is 0 Å². The number of nitrogens with one attached hydrogen (secondary N) is 2. The van der Waals surface area contributed by atoms with E-state index in [1.54, 1.807) is 7.11 Å². The minimum absolute atomic E-state index is 0.0597. The third-order valence-electron chi connectivity index (χ3n) is 5.28. The van der Waals surface area contributed by atoms with Crippen LogP contribution in [0.15, 0.2) is 48.5 Å². The Kier molecular flexibility index (Phi) is 7.11. The molecule has 0 spiro atoms. The fourth-order valence-electron chi connectivity index (χ4n) is 3.35. The molecule has 6 nitrogen and oxygen atoms in total. The molecule has 1 saturated heterocycles. The third-order valence-corrected chi connectivity index (χ3v) is 5.28. The molecule has 0 bridgehead atoms. The van der Waals surface area contributed by atoms with Crippen LogP contribution in [-0.2, 0) is 11.3 Å². The molecule has 0 radical (unpaired) electrons. The van der Waals surface area contributed by atoms with E-state index in [9.17, 15) is 9.59 Å². The van der Waals surface area contributed by atoms with Crippen LogP contribution in [0.4, 0.5) is 5.69 Å². The fourth-order valence-corrected chi connectivity index (χ4v) is 3.35. The molecule has 0 aliphatic carbocycles. The number of carbonyl (C=O) groups is 2. The predicted molar refractivity (Wildman–Crippen MR) is 114 cm³/mol. The Morgan fingerprint density at radius 3 is 2.52 bits per heavy atom. The van der Waals surface area contributed by atoms with Crippen LogP contribution in [0.1, 0.15) is 35.7 Å². The highest BCUT2D eigenvalue weighted by Gasteiger charge is 2.21. The van der Waals surface area contributed by atoms with Gasteiger partial charge in [0.05, 0.1) is 13.7 Å². The molecular weight excluding hydrogens is 366 g/mol. The van der Waals surface area contributed by atoms with E-state index < -0.39 is 0 Å². The molecule has 1 fully saturated rings. The molecule has 0 unspecified atom stereocenters. The number of benzene rings is 2. The largest absolute Gasteiger partial charge is 0.497 e. The molecule has 0 aromatic heterocycles. The van der Waals surface area contributed by atoms with Gasteiger partial charge in [-0.25, -0.2) is 0 Å². The van der Waals surface area contributed by atoms with Crippen molar-refractivity contribution in [1.82, 2.24) is 10.2 Å². The monoisotopic (exact) mass is 395 g/mol. The van der Waals surface area contributed by atoms with Crippen molar-refractivity contribution in [1.29, 1.82) is 0 Å². The average Bonchev–Trinajstić information content (AvgIpc) is 2.77. The molecule has 2 aromatic carbocycles. The van der Waals surface area contributed by atoms with E-state index in [-0.39, 0.29) is 18.4 Å². The summed E-state index contributed by atoms with van der Waals surface area (Å²) < 4.78 is 5.13. The summed E-state index contributed by atoms with van der Waals surface area (Å²) in [5.74, 6) is 1.42. The van der Waals surface area contributed by atoms with Crippen molar-refractivity contribution in [2.75, 3.05) is 32.1 Å². The first-order valence-electron chi connectivity index (χ1n) is 10.1. The van der Waals surface area contributed by atoms with Crippen LogP contribution in [0.5, 0.6) is 5.75 Å². The topological polar surface area (TPSA) is 70.7 Å². The summed E-state index contributed by atoms with van der Waals surface area (Å²) in [6, 6.07) is 14.9. The number of likely N-dealkylation sites (tertiary alicyclic amines) is 1. The number of amides is 2. The van der Waals surface area contributed by atoms with Gasteiger partial charge in [-0.2, -0.15) is 0 Å². The maximum atomic E-state index is 12.7. The number of piperidine rings is 1. The first-order valence-corrected chi connectivity index (χ1v) is 10.1. The molecule has 6 heteroatoms.